The maximum absolute atomic E-state index is 9.19. The monoisotopic (exact) mass is 211 g/mol. The van der Waals surface area contributed by atoms with E-state index < -0.39 is 0 Å². The lowest BCUT2D eigenvalue weighted by atomic mass is 10.1. The standard InChI is InChI=1S/C10H15NO2.C2H6/c1-2-11-6-5-8-3-4-9(12)10(13)7-8;1-2/h3-4,7,11-13H,2,5-6H2,1H3;1-2H3. The van der Waals surface area contributed by atoms with E-state index in [1.165, 1.54) is 6.07 Å². The van der Waals surface area contributed by atoms with Crippen molar-refractivity contribution in [2.45, 2.75) is 27.2 Å². The summed E-state index contributed by atoms with van der Waals surface area (Å²) in [5.41, 5.74) is 1.02. The van der Waals surface area contributed by atoms with Crippen molar-refractivity contribution in [3.8, 4) is 11.5 Å². The van der Waals surface area contributed by atoms with Crippen LogP contribution < -0.4 is 5.32 Å². The van der Waals surface area contributed by atoms with E-state index in [-0.39, 0.29) is 11.5 Å². The lowest BCUT2D eigenvalue weighted by molar-refractivity contribution is 0.403. The minimum Gasteiger partial charge on any atom is -0.504 e. The first kappa shape index (κ1) is 13.8. The SMILES string of the molecule is CC.CCNCCc1ccc(O)c(O)c1. The first-order valence-corrected chi connectivity index (χ1v) is 5.45. The molecule has 0 spiro atoms. The lowest BCUT2D eigenvalue weighted by Gasteiger charge is -2.03. The maximum atomic E-state index is 9.19. The van der Waals surface area contributed by atoms with Crippen molar-refractivity contribution in [2.24, 2.45) is 0 Å². The molecule has 0 heterocycles. The number of nitrogens with one attached hydrogen (secondary N) is 1. The van der Waals surface area contributed by atoms with Crippen molar-refractivity contribution in [3.05, 3.63) is 23.8 Å². The van der Waals surface area contributed by atoms with Crippen LogP contribution in [-0.4, -0.2) is 23.3 Å². The molecule has 0 atom stereocenters. The van der Waals surface area contributed by atoms with Gasteiger partial charge in [-0.05, 0) is 37.2 Å². The van der Waals surface area contributed by atoms with E-state index in [1.807, 2.05) is 26.8 Å². The van der Waals surface area contributed by atoms with Crippen LogP contribution in [-0.2, 0) is 6.42 Å². The first-order valence-electron chi connectivity index (χ1n) is 5.45. The summed E-state index contributed by atoms with van der Waals surface area (Å²) in [6, 6.07) is 4.91. The van der Waals surface area contributed by atoms with E-state index in [0.717, 1.165) is 25.1 Å². The highest BCUT2D eigenvalue weighted by molar-refractivity contribution is 5.40. The topological polar surface area (TPSA) is 52.5 Å². The normalized spacial score (nSPS) is 9.27. The number of phenols is 2. The Labute approximate surface area is 91.8 Å². The van der Waals surface area contributed by atoms with Crippen molar-refractivity contribution < 1.29 is 10.2 Å². The van der Waals surface area contributed by atoms with Crippen LogP contribution >= 0.6 is 0 Å². The molecule has 15 heavy (non-hydrogen) atoms. The van der Waals surface area contributed by atoms with Gasteiger partial charge < -0.3 is 15.5 Å². The maximum Gasteiger partial charge on any atom is 0.157 e. The molecular formula is C12H21NO2. The average molecular weight is 211 g/mol. The average Bonchev–Trinajstić information content (AvgIpc) is 2.27. The van der Waals surface area contributed by atoms with Gasteiger partial charge in [0.2, 0.25) is 0 Å². The van der Waals surface area contributed by atoms with Crippen LogP contribution in [0.5, 0.6) is 11.5 Å². The molecule has 0 aromatic heterocycles. The summed E-state index contributed by atoms with van der Waals surface area (Å²) in [5, 5.41) is 21.4. The molecular weight excluding hydrogens is 190 g/mol. The van der Waals surface area contributed by atoms with Gasteiger partial charge in [-0.1, -0.05) is 26.8 Å². The van der Waals surface area contributed by atoms with Crippen LogP contribution in [0.15, 0.2) is 18.2 Å². The number of rotatable bonds is 4. The van der Waals surface area contributed by atoms with E-state index in [2.05, 4.69) is 5.32 Å². The van der Waals surface area contributed by atoms with E-state index in [9.17, 15) is 5.11 Å². The number of likely N-dealkylation sites (N-methyl/N-ethyl adjacent to an activating group) is 1. The second kappa shape index (κ2) is 8.12. The smallest absolute Gasteiger partial charge is 0.157 e. The quantitative estimate of drug-likeness (QED) is 0.529. The molecule has 1 aromatic carbocycles. The number of hydrogen-bond acceptors (Lipinski definition) is 3. The predicted octanol–water partition coefficient (Wildman–Crippen LogP) is 2.28. The van der Waals surface area contributed by atoms with E-state index >= 15 is 0 Å². The molecule has 0 aliphatic rings. The summed E-state index contributed by atoms with van der Waals surface area (Å²) < 4.78 is 0. The molecule has 3 heteroatoms. The minimum atomic E-state index is -0.0628. The molecule has 0 aliphatic heterocycles. The highest BCUT2D eigenvalue weighted by Crippen LogP contribution is 2.24. The van der Waals surface area contributed by atoms with Crippen molar-refractivity contribution in [2.75, 3.05) is 13.1 Å². The molecule has 1 aromatic rings. The van der Waals surface area contributed by atoms with Crippen LogP contribution in [0.4, 0.5) is 0 Å². The summed E-state index contributed by atoms with van der Waals surface area (Å²) in [6.45, 7) is 7.89. The first-order chi connectivity index (χ1) is 7.24. The summed E-state index contributed by atoms with van der Waals surface area (Å²) >= 11 is 0. The Hall–Kier alpha value is -1.22. The fourth-order valence-corrected chi connectivity index (χ4v) is 1.13. The molecule has 0 amide bonds. The molecule has 0 saturated carbocycles. The van der Waals surface area contributed by atoms with Crippen LogP contribution in [0.25, 0.3) is 0 Å². The second-order valence-corrected chi connectivity index (χ2v) is 2.93. The molecule has 3 nitrogen and oxygen atoms in total. The van der Waals surface area contributed by atoms with Gasteiger partial charge in [-0.3, -0.25) is 0 Å². The van der Waals surface area contributed by atoms with E-state index in [0.29, 0.717) is 0 Å². The van der Waals surface area contributed by atoms with Gasteiger partial charge >= 0.3 is 0 Å². The van der Waals surface area contributed by atoms with Crippen LogP contribution in [0.3, 0.4) is 0 Å². The lowest BCUT2D eigenvalue weighted by Crippen LogP contribution is -2.15. The van der Waals surface area contributed by atoms with Gasteiger partial charge in [-0.25, -0.2) is 0 Å². The molecule has 86 valence electrons. The van der Waals surface area contributed by atoms with Gasteiger partial charge in [0, 0.05) is 0 Å². The summed E-state index contributed by atoms with van der Waals surface area (Å²) in [4.78, 5) is 0. The highest BCUT2D eigenvalue weighted by atomic mass is 16.3. The Kier molecular flexibility index (Phi) is 7.46. The molecule has 0 fully saturated rings. The summed E-state index contributed by atoms with van der Waals surface area (Å²) in [6.07, 6.45) is 0.863. The van der Waals surface area contributed by atoms with Crippen LogP contribution in [0.2, 0.25) is 0 Å². The van der Waals surface area contributed by atoms with Gasteiger partial charge in [0.15, 0.2) is 11.5 Å². The second-order valence-electron chi connectivity index (χ2n) is 2.93. The van der Waals surface area contributed by atoms with Gasteiger partial charge in [-0.2, -0.15) is 0 Å². The van der Waals surface area contributed by atoms with Gasteiger partial charge in [0.05, 0.1) is 0 Å². The molecule has 0 aliphatic carbocycles. The van der Waals surface area contributed by atoms with Gasteiger partial charge in [-0.15, -0.1) is 0 Å². The number of hydrogen-bond donors (Lipinski definition) is 3. The van der Waals surface area contributed by atoms with Gasteiger partial charge in [0.25, 0.3) is 0 Å². The van der Waals surface area contributed by atoms with E-state index in [1.54, 1.807) is 6.07 Å². The zero-order chi connectivity index (χ0) is 11.7. The molecule has 0 unspecified atom stereocenters. The van der Waals surface area contributed by atoms with Crippen molar-refractivity contribution in [3.63, 3.8) is 0 Å². The fraction of sp³-hybridized carbons (Fsp3) is 0.500. The summed E-state index contributed by atoms with van der Waals surface area (Å²) in [7, 11) is 0. The largest absolute Gasteiger partial charge is 0.504 e. The fourth-order valence-electron chi connectivity index (χ4n) is 1.13. The molecule has 0 saturated heterocycles. The number of aromatic hydroxyl groups is 2. The Bertz CT molecular complexity index is 274. The third-order valence-corrected chi connectivity index (χ3v) is 1.88. The zero-order valence-electron chi connectivity index (χ0n) is 9.75. The molecule has 3 N–H and O–H groups in total. The van der Waals surface area contributed by atoms with Crippen molar-refractivity contribution >= 4 is 0 Å². The van der Waals surface area contributed by atoms with Crippen LogP contribution in [0, 0.1) is 0 Å². The summed E-state index contributed by atoms with van der Waals surface area (Å²) in [5.74, 6) is -0.110. The highest BCUT2D eigenvalue weighted by Gasteiger charge is 1.99. The number of phenolic OH excluding ortho intramolecular Hbond substituents is 2. The minimum absolute atomic E-state index is 0.0472. The Morgan fingerprint density at radius 1 is 1.13 bits per heavy atom. The third-order valence-electron chi connectivity index (χ3n) is 1.88. The third kappa shape index (κ3) is 5.27. The van der Waals surface area contributed by atoms with Gasteiger partial charge in [0.1, 0.15) is 0 Å². The zero-order valence-corrected chi connectivity index (χ0v) is 9.75. The van der Waals surface area contributed by atoms with Crippen molar-refractivity contribution in [1.29, 1.82) is 0 Å². The Morgan fingerprint density at radius 2 is 1.80 bits per heavy atom. The number of benzene rings is 1. The molecule has 0 bridgehead atoms. The van der Waals surface area contributed by atoms with E-state index in [4.69, 9.17) is 5.11 Å². The Balaban J connectivity index is 0.000000921. The molecule has 0 radical (unpaired) electrons. The Morgan fingerprint density at radius 3 is 2.33 bits per heavy atom. The van der Waals surface area contributed by atoms with Crippen molar-refractivity contribution in [1.82, 2.24) is 5.32 Å². The predicted molar refractivity (Wildman–Crippen MR) is 63.4 cm³/mol. The molecule has 1 rings (SSSR count). The van der Waals surface area contributed by atoms with Crippen LogP contribution in [0.1, 0.15) is 26.3 Å².